The monoisotopic (exact) mass is 438 g/mol. The average Bonchev–Trinajstić information content (AvgIpc) is 2.96. The number of fused-ring (bicyclic) bond motifs is 2. The summed E-state index contributed by atoms with van der Waals surface area (Å²) in [7, 11) is 0. The van der Waals surface area contributed by atoms with Crippen LogP contribution in [0.2, 0.25) is 5.02 Å². The molecule has 0 amide bonds. The molecule has 4 rings (SSSR count). The van der Waals surface area contributed by atoms with E-state index in [1.54, 1.807) is 12.1 Å². The van der Waals surface area contributed by atoms with Gasteiger partial charge in [-0.3, -0.25) is 0 Å². The first-order chi connectivity index (χ1) is 14.3. The summed E-state index contributed by atoms with van der Waals surface area (Å²) in [6, 6.07) is 13.2. The zero-order chi connectivity index (χ0) is 21.4. The summed E-state index contributed by atoms with van der Waals surface area (Å²) in [5.41, 5.74) is 1.44. The Bertz CT molecular complexity index is 887. The van der Waals surface area contributed by atoms with Crippen molar-refractivity contribution in [1.82, 2.24) is 0 Å². The molecular formula is C23H25ClF2O4. The molecule has 7 heteroatoms. The molecule has 0 saturated carbocycles. The Morgan fingerprint density at radius 3 is 2.67 bits per heavy atom. The van der Waals surface area contributed by atoms with Crippen LogP contribution in [0.3, 0.4) is 0 Å². The number of alkyl halides is 2. The highest BCUT2D eigenvalue weighted by atomic mass is 35.5. The van der Waals surface area contributed by atoms with Crippen LogP contribution in [0.25, 0.3) is 0 Å². The fraction of sp³-hybridized carbons (Fsp3) is 0.478. The molecule has 1 N–H and O–H groups in total. The van der Waals surface area contributed by atoms with Crippen molar-refractivity contribution >= 4 is 11.6 Å². The van der Waals surface area contributed by atoms with Gasteiger partial charge in [0.25, 0.3) is 0 Å². The highest BCUT2D eigenvalue weighted by Gasteiger charge is 2.58. The first-order valence-corrected chi connectivity index (χ1v) is 10.5. The molecule has 2 bridgehead atoms. The van der Waals surface area contributed by atoms with Crippen molar-refractivity contribution in [1.29, 1.82) is 0 Å². The van der Waals surface area contributed by atoms with E-state index in [0.29, 0.717) is 23.6 Å². The summed E-state index contributed by atoms with van der Waals surface area (Å²) in [5, 5.41) is 11.0. The lowest BCUT2D eigenvalue weighted by Crippen LogP contribution is -2.46. The number of aliphatic hydroxyl groups is 1. The highest BCUT2D eigenvalue weighted by molar-refractivity contribution is 6.31. The highest BCUT2D eigenvalue weighted by Crippen LogP contribution is 2.51. The molecule has 162 valence electrons. The van der Waals surface area contributed by atoms with Crippen molar-refractivity contribution < 1.29 is 28.1 Å². The van der Waals surface area contributed by atoms with Gasteiger partial charge in [0.2, 0.25) is 6.43 Å². The molecule has 0 aliphatic carbocycles. The second-order valence-electron chi connectivity index (χ2n) is 8.04. The van der Waals surface area contributed by atoms with Crippen LogP contribution in [0.15, 0.2) is 42.5 Å². The standard InChI is InChI=1S/C23H25ClF2O4/c1-2-28-19-6-3-15(4-7-19)9-16-10-17(5-8-20(16)24)23-12-18(27)11-22(30-23,14-29-23)13-21(25)26/h3-8,10,18,21,27H,2,9,11-14H2,1H3/t18-,22-,23+/m0/s1. The molecule has 0 unspecified atom stereocenters. The van der Waals surface area contributed by atoms with Gasteiger partial charge >= 0.3 is 0 Å². The molecule has 2 aromatic carbocycles. The van der Waals surface area contributed by atoms with Crippen LogP contribution in [0.1, 0.15) is 42.9 Å². The predicted molar refractivity (Wildman–Crippen MR) is 109 cm³/mol. The molecule has 0 aromatic heterocycles. The van der Waals surface area contributed by atoms with Gasteiger partial charge in [-0.1, -0.05) is 29.8 Å². The lowest BCUT2D eigenvalue weighted by molar-refractivity contribution is -0.247. The minimum absolute atomic E-state index is 0.0330. The molecule has 0 radical (unpaired) electrons. The van der Waals surface area contributed by atoms with Crippen LogP contribution in [-0.2, 0) is 21.7 Å². The molecule has 4 nitrogen and oxygen atoms in total. The van der Waals surface area contributed by atoms with Gasteiger partial charge in [0.05, 0.1) is 19.3 Å². The van der Waals surface area contributed by atoms with Crippen molar-refractivity contribution in [2.75, 3.05) is 13.2 Å². The van der Waals surface area contributed by atoms with Crippen LogP contribution < -0.4 is 4.74 Å². The van der Waals surface area contributed by atoms with Gasteiger partial charge in [-0.05, 0) is 48.7 Å². The van der Waals surface area contributed by atoms with Crippen molar-refractivity contribution in [3.05, 3.63) is 64.2 Å². The van der Waals surface area contributed by atoms with E-state index >= 15 is 0 Å². The average molecular weight is 439 g/mol. The molecule has 2 fully saturated rings. The van der Waals surface area contributed by atoms with E-state index < -0.39 is 30.3 Å². The Morgan fingerprint density at radius 2 is 1.97 bits per heavy atom. The van der Waals surface area contributed by atoms with E-state index in [4.69, 9.17) is 25.8 Å². The summed E-state index contributed by atoms with van der Waals surface area (Å²) >= 11 is 6.44. The number of aliphatic hydroxyl groups excluding tert-OH is 1. The second-order valence-corrected chi connectivity index (χ2v) is 8.45. The first-order valence-electron chi connectivity index (χ1n) is 10.1. The van der Waals surface area contributed by atoms with Crippen LogP contribution in [0.5, 0.6) is 5.75 Å². The van der Waals surface area contributed by atoms with Crippen molar-refractivity contribution in [2.24, 2.45) is 0 Å². The molecule has 2 aromatic rings. The largest absolute Gasteiger partial charge is 0.494 e. The molecule has 2 aliphatic rings. The van der Waals surface area contributed by atoms with E-state index in [1.165, 1.54) is 0 Å². The summed E-state index contributed by atoms with van der Waals surface area (Å²) in [6.45, 7) is 2.57. The molecule has 30 heavy (non-hydrogen) atoms. The Kier molecular flexibility index (Phi) is 6.04. The molecular weight excluding hydrogens is 414 g/mol. The molecule has 0 spiro atoms. The van der Waals surface area contributed by atoms with Gasteiger partial charge in [-0.25, -0.2) is 8.78 Å². The minimum atomic E-state index is -2.53. The smallest absolute Gasteiger partial charge is 0.241 e. The number of hydrogen-bond acceptors (Lipinski definition) is 4. The Balaban J connectivity index is 1.60. The van der Waals surface area contributed by atoms with Gasteiger partial charge in [0, 0.05) is 29.8 Å². The van der Waals surface area contributed by atoms with Gasteiger partial charge in [0.15, 0.2) is 5.79 Å². The summed E-state index contributed by atoms with van der Waals surface area (Å²) in [6.07, 6.45) is -2.84. The second kappa shape index (κ2) is 8.42. The molecule has 2 saturated heterocycles. The topological polar surface area (TPSA) is 47.9 Å². The lowest BCUT2D eigenvalue weighted by Gasteiger charge is -2.40. The van der Waals surface area contributed by atoms with E-state index in [1.807, 2.05) is 37.3 Å². The third kappa shape index (κ3) is 4.33. The summed E-state index contributed by atoms with van der Waals surface area (Å²) in [5.74, 6) is -0.427. The minimum Gasteiger partial charge on any atom is -0.494 e. The fourth-order valence-corrected chi connectivity index (χ4v) is 4.62. The molecule has 3 atom stereocenters. The van der Waals surface area contributed by atoms with Crippen molar-refractivity contribution in [2.45, 2.75) is 56.5 Å². The maximum absolute atomic E-state index is 13.1. The van der Waals surface area contributed by atoms with Gasteiger partial charge < -0.3 is 19.3 Å². The number of benzene rings is 2. The van der Waals surface area contributed by atoms with E-state index in [-0.39, 0.29) is 19.4 Å². The summed E-state index contributed by atoms with van der Waals surface area (Å²) in [4.78, 5) is 0. The van der Waals surface area contributed by atoms with E-state index in [9.17, 15) is 13.9 Å². The molecule has 2 aliphatic heterocycles. The Hall–Kier alpha value is -1.73. The predicted octanol–water partition coefficient (Wildman–Crippen LogP) is 5.08. The number of halogens is 3. The SMILES string of the molecule is CCOc1ccc(Cc2cc([C@]34C[C@@H](O)C[C@](CC(F)F)(CO3)O4)ccc2Cl)cc1. The number of rotatable bonds is 7. The lowest BCUT2D eigenvalue weighted by atomic mass is 9.86. The quantitative estimate of drug-likeness (QED) is 0.655. The van der Waals surface area contributed by atoms with Crippen molar-refractivity contribution in [3.8, 4) is 5.75 Å². The van der Waals surface area contributed by atoms with Crippen LogP contribution in [0.4, 0.5) is 8.78 Å². The van der Waals surface area contributed by atoms with Gasteiger partial charge in [-0.15, -0.1) is 0 Å². The van der Waals surface area contributed by atoms with Crippen LogP contribution in [-0.4, -0.2) is 36.5 Å². The van der Waals surface area contributed by atoms with E-state index in [0.717, 1.165) is 16.9 Å². The number of ether oxygens (including phenoxy) is 3. The van der Waals surface area contributed by atoms with Crippen LogP contribution in [0, 0.1) is 0 Å². The van der Waals surface area contributed by atoms with E-state index in [2.05, 4.69) is 0 Å². The first kappa shape index (κ1) is 21.5. The maximum Gasteiger partial charge on any atom is 0.241 e. The maximum atomic E-state index is 13.1. The third-order valence-electron chi connectivity index (χ3n) is 5.70. The zero-order valence-corrected chi connectivity index (χ0v) is 17.5. The van der Waals surface area contributed by atoms with Crippen molar-refractivity contribution in [3.63, 3.8) is 0 Å². The van der Waals surface area contributed by atoms with Gasteiger partial charge in [-0.2, -0.15) is 0 Å². The molecule has 2 heterocycles. The third-order valence-corrected chi connectivity index (χ3v) is 6.07. The van der Waals surface area contributed by atoms with Crippen LogP contribution >= 0.6 is 11.6 Å². The Labute approximate surface area is 179 Å². The normalized spacial score (nSPS) is 28.1. The fourth-order valence-electron chi connectivity index (χ4n) is 4.43. The van der Waals surface area contributed by atoms with Gasteiger partial charge in [0.1, 0.15) is 11.4 Å². The number of hydrogen-bond donors (Lipinski definition) is 1. The summed E-state index contributed by atoms with van der Waals surface area (Å²) < 4.78 is 43.8. The Morgan fingerprint density at radius 1 is 1.20 bits per heavy atom. The zero-order valence-electron chi connectivity index (χ0n) is 16.7.